The second-order valence-corrected chi connectivity index (χ2v) is 7.56. The number of carbonyl (C=O) groups excluding carboxylic acids is 1. The van der Waals surface area contributed by atoms with Crippen molar-refractivity contribution in [1.29, 1.82) is 0 Å². The van der Waals surface area contributed by atoms with Gasteiger partial charge >= 0.3 is 12.1 Å². The molecule has 6 nitrogen and oxygen atoms in total. The standard InChI is InChI=1S/C22H26FNO5/c1-5-8-28-19-7-6-14(15-10-16(20(25)26)12-18(23)11-15)9-17(19)13-24-21(27)29-22(2,3)4/h6-7,9-12H,5,8,13H2,1-4H3,(H,24,27)(H,25,26). The molecule has 1 amide bonds. The minimum absolute atomic E-state index is 0.139. The van der Waals surface area contributed by atoms with Gasteiger partial charge in [-0.3, -0.25) is 0 Å². The van der Waals surface area contributed by atoms with Gasteiger partial charge in [0.25, 0.3) is 0 Å². The summed E-state index contributed by atoms with van der Waals surface area (Å²) in [6.07, 6.45) is 0.246. The number of hydrogen-bond donors (Lipinski definition) is 2. The van der Waals surface area contributed by atoms with Crippen LogP contribution in [0.15, 0.2) is 36.4 Å². The van der Waals surface area contributed by atoms with Crippen LogP contribution in [0.4, 0.5) is 9.18 Å². The number of carboxylic acid groups (broad SMARTS) is 1. The smallest absolute Gasteiger partial charge is 0.407 e. The summed E-state index contributed by atoms with van der Waals surface area (Å²) < 4.78 is 24.9. The topological polar surface area (TPSA) is 84.9 Å². The number of nitrogens with one attached hydrogen (secondary N) is 1. The molecule has 0 aromatic heterocycles. The fourth-order valence-electron chi connectivity index (χ4n) is 2.61. The normalized spacial score (nSPS) is 11.1. The lowest BCUT2D eigenvalue weighted by Gasteiger charge is -2.20. The zero-order chi connectivity index (χ0) is 21.6. The number of amides is 1. The van der Waals surface area contributed by atoms with Gasteiger partial charge in [-0.2, -0.15) is 0 Å². The lowest BCUT2D eigenvalue weighted by atomic mass is 10.00. The van der Waals surface area contributed by atoms with Gasteiger partial charge in [-0.15, -0.1) is 0 Å². The van der Waals surface area contributed by atoms with E-state index in [-0.39, 0.29) is 12.1 Å². The van der Waals surface area contributed by atoms with Gasteiger partial charge in [0.2, 0.25) is 0 Å². The van der Waals surface area contributed by atoms with Crippen molar-refractivity contribution < 1.29 is 28.6 Å². The van der Waals surface area contributed by atoms with Crippen molar-refractivity contribution in [2.75, 3.05) is 6.61 Å². The number of carbonyl (C=O) groups is 2. The Balaban J connectivity index is 2.33. The average molecular weight is 403 g/mol. The van der Waals surface area contributed by atoms with E-state index in [1.807, 2.05) is 6.92 Å². The highest BCUT2D eigenvalue weighted by molar-refractivity contribution is 5.89. The highest BCUT2D eigenvalue weighted by atomic mass is 19.1. The summed E-state index contributed by atoms with van der Waals surface area (Å²) in [7, 11) is 0. The van der Waals surface area contributed by atoms with Crippen molar-refractivity contribution in [2.24, 2.45) is 0 Å². The van der Waals surface area contributed by atoms with Crippen molar-refractivity contribution in [3.05, 3.63) is 53.3 Å². The number of carboxylic acids is 1. The molecule has 0 heterocycles. The molecular formula is C22H26FNO5. The molecule has 2 aromatic rings. The first-order valence-corrected chi connectivity index (χ1v) is 9.36. The summed E-state index contributed by atoms with van der Waals surface area (Å²) in [4.78, 5) is 23.2. The molecule has 0 aliphatic carbocycles. The molecular weight excluding hydrogens is 377 g/mol. The fraction of sp³-hybridized carbons (Fsp3) is 0.364. The number of halogens is 1. The van der Waals surface area contributed by atoms with Crippen molar-refractivity contribution in [1.82, 2.24) is 5.32 Å². The monoisotopic (exact) mass is 403 g/mol. The predicted molar refractivity (Wildman–Crippen MR) is 108 cm³/mol. The number of rotatable bonds is 7. The summed E-state index contributed by atoms with van der Waals surface area (Å²) in [6, 6.07) is 8.82. The van der Waals surface area contributed by atoms with E-state index in [2.05, 4.69) is 5.32 Å². The number of aromatic carboxylic acids is 1. The Bertz CT molecular complexity index is 889. The third-order valence-electron chi connectivity index (χ3n) is 3.82. The predicted octanol–water partition coefficient (Wildman–Crippen LogP) is 5.00. The van der Waals surface area contributed by atoms with Crippen LogP contribution in [-0.4, -0.2) is 29.4 Å². The van der Waals surface area contributed by atoms with Gasteiger partial charge in [-0.1, -0.05) is 13.0 Å². The molecule has 29 heavy (non-hydrogen) atoms. The Kier molecular flexibility index (Phi) is 7.20. The van der Waals surface area contributed by atoms with Gasteiger partial charge in [-0.05, 0) is 68.7 Å². The Morgan fingerprint density at radius 2 is 1.83 bits per heavy atom. The fourth-order valence-corrected chi connectivity index (χ4v) is 2.61. The van der Waals surface area contributed by atoms with Crippen LogP contribution in [-0.2, 0) is 11.3 Å². The van der Waals surface area contributed by atoms with E-state index >= 15 is 0 Å². The van der Waals surface area contributed by atoms with E-state index in [1.54, 1.807) is 39.0 Å². The molecule has 2 aromatic carbocycles. The second-order valence-electron chi connectivity index (χ2n) is 7.56. The van der Waals surface area contributed by atoms with Crippen LogP contribution in [0, 0.1) is 5.82 Å². The molecule has 0 aliphatic rings. The SMILES string of the molecule is CCCOc1ccc(-c2cc(F)cc(C(=O)O)c2)cc1CNC(=O)OC(C)(C)C. The van der Waals surface area contributed by atoms with E-state index in [0.717, 1.165) is 12.5 Å². The molecule has 7 heteroatoms. The molecule has 2 N–H and O–H groups in total. The van der Waals surface area contributed by atoms with Crippen LogP contribution in [0.5, 0.6) is 5.75 Å². The Hall–Kier alpha value is -3.09. The lowest BCUT2D eigenvalue weighted by Crippen LogP contribution is -2.32. The Morgan fingerprint density at radius 3 is 2.45 bits per heavy atom. The van der Waals surface area contributed by atoms with Gasteiger partial charge in [-0.25, -0.2) is 14.0 Å². The maximum absolute atomic E-state index is 13.9. The van der Waals surface area contributed by atoms with E-state index < -0.39 is 23.5 Å². The minimum Gasteiger partial charge on any atom is -0.493 e. The molecule has 0 fully saturated rings. The van der Waals surface area contributed by atoms with Gasteiger partial charge in [0.1, 0.15) is 17.2 Å². The van der Waals surface area contributed by atoms with Crippen molar-refractivity contribution in [2.45, 2.75) is 46.3 Å². The number of hydrogen-bond acceptors (Lipinski definition) is 4. The maximum atomic E-state index is 13.9. The number of benzene rings is 2. The van der Waals surface area contributed by atoms with Crippen LogP contribution < -0.4 is 10.1 Å². The highest BCUT2D eigenvalue weighted by Gasteiger charge is 2.17. The summed E-state index contributed by atoms with van der Waals surface area (Å²) in [5.41, 5.74) is 0.935. The molecule has 2 rings (SSSR count). The molecule has 156 valence electrons. The Labute approximate surface area is 169 Å². The highest BCUT2D eigenvalue weighted by Crippen LogP contribution is 2.28. The van der Waals surface area contributed by atoms with Crippen LogP contribution in [0.3, 0.4) is 0 Å². The quantitative estimate of drug-likeness (QED) is 0.679. The van der Waals surface area contributed by atoms with E-state index in [1.165, 1.54) is 12.1 Å². The summed E-state index contributed by atoms with van der Waals surface area (Å²) in [5.74, 6) is -1.26. The molecule has 0 spiro atoms. The second kappa shape index (κ2) is 9.41. The molecule has 0 saturated carbocycles. The summed E-state index contributed by atoms with van der Waals surface area (Å²) >= 11 is 0. The molecule has 0 bridgehead atoms. The maximum Gasteiger partial charge on any atom is 0.407 e. The van der Waals surface area contributed by atoms with Crippen molar-refractivity contribution in [3.63, 3.8) is 0 Å². The van der Waals surface area contributed by atoms with Crippen LogP contribution >= 0.6 is 0 Å². The molecule has 0 radical (unpaired) electrons. The van der Waals surface area contributed by atoms with E-state index in [4.69, 9.17) is 14.6 Å². The molecule has 0 saturated heterocycles. The van der Waals surface area contributed by atoms with Gasteiger partial charge < -0.3 is 19.9 Å². The largest absolute Gasteiger partial charge is 0.493 e. The summed E-state index contributed by atoms with van der Waals surface area (Å²) in [6.45, 7) is 7.94. The third kappa shape index (κ3) is 6.78. The minimum atomic E-state index is -1.21. The zero-order valence-electron chi connectivity index (χ0n) is 17.0. The number of ether oxygens (including phenoxy) is 2. The van der Waals surface area contributed by atoms with E-state index in [0.29, 0.717) is 29.0 Å². The lowest BCUT2D eigenvalue weighted by molar-refractivity contribution is 0.0522. The van der Waals surface area contributed by atoms with Crippen molar-refractivity contribution in [3.8, 4) is 16.9 Å². The molecule has 0 unspecified atom stereocenters. The van der Waals surface area contributed by atoms with Gasteiger partial charge in [0.05, 0.1) is 12.2 Å². The Morgan fingerprint density at radius 1 is 1.10 bits per heavy atom. The van der Waals surface area contributed by atoms with Crippen molar-refractivity contribution >= 4 is 12.1 Å². The molecule has 0 atom stereocenters. The first kappa shape index (κ1) is 22.2. The average Bonchev–Trinajstić information content (AvgIpc) is 2.63. The first-order chi connectivity index (χ1) is 13.6. The zero-order valence-corrected chi connectivity index (χ0v) is 17.0. The van der Waals surface area contributed by atoms with Gasteiger partial charge in [0.15, 0.2) is 0 Å². The van der Waals surface area contributed by atoms with E-state index in [9.17, 15) is 14.0 Å². The van der Waals surface area contributed by atoms with Crippen LogP contribution in [0.1, 0.15) is 50.0 Å². The van der Waals surface area contributed by atoms with Crippen LogP contribution in [0.2, 0.25) is 0 Å². The van der Waals surface area contributed by atoms with Gasteiger partial charge in [0, 0.05) is 12.1 Å². The number of alkyl carbamates (subject to hydrolysis) is 1. The van der Waals surface area contributed by atoms with Crippen LogP contribution in [0.25, 0.3) is 11.1 Å². The third-order valence-corrected chi connectivity index (χ3v) is 3.82. The first-order valence-electron chi connectivity index (χ1n) is 9.36. The summed E-state index contributed by atoms with van der Waals surface area (Å²) in [5, 5.41) is 11.8. The molecule has 0 aliphatic heterocycles.